The third-order valence-electron chi connectivity index (χ3n) is 3.43. The smallest absolute Gasteiger partial charge is 0.164 e. The Morgan fingerprint density at radius 2 is 2.33 bits per heavy atom. The summed E-state index contributed by atoms with van der Waals surface area (Å²) < 4.78 is 12.9. The molecule has 2 rings (SSSR count). The molecule has 0 N–H and O–H groups in total. The first-order valence-corrected chi connectivity index (χ1v) is 6.61. The molecule has 0 spiro atoms. The maximum absolute atomic E-state index is 12.9. The van der Waals surface area contributed by atoms with Gasteiger partial charge in [-0.1, -0.05) is 11.6 Å². The van der Waals surface area contributed by atoms with E-state index in [1.807, 2.05) is 0 Å². The van der Waals surface area contributed by atoms with Gasteiger partial charge in [0.05, 0.1) is 5.02 Å². The molecule has 1 aromatic carbocycles. The van der Waals surface area contributed by atoms with Crippen molar-refractivity contribution in [3.8, 4) is 0 Å². The standard InChI is InChI=1S/C14H17ClFNO/c1-17-6-2-3-10(9-17)7-14(18)12-5-4-11(16)8-13(12)15/h4-5,8,10H,2-3,6-7,9H2,1H3. The number of nitrogens with zero attached hydrogens (tertiary/aromatic N) is 1. The molecule has 0 aliphatic carbocycles. The second kappa shape index (κ2) is 5.81. The molecule has 2 nitrogen and oxygen atoms in total. The van der Waals surface area contributed by atoms with Crippen LogP contribution in [0.15, 0.2) is 18.2 Å². The van der Waals surface area contributed by atoms with Gasteiger partial charge >= 0.3 is 0 Å². The molecule has 1 heterocycles. The van der Waals surface area contributed by atoms with Crippen LogP contribution in [0.3, 0.4) is 0 Å². The van der Waals surface area contributed by atoms with Crippen molar-refractivity contribution in [2.75, 3.05) is 20.1 Å². The Kier molecular flexibility index (Phi) is 4.36. The zero-order chi connectivity index (χ0) is 13.1. The van der Waals surface area contributed by atoms with Gasteiger partial charge in [-0.05, 0) is 50.6 Å². The minimum Gasteiger partial charge on any atom is -0.306 e. The Morgan fingerprint density at radius 1 is 1.56 bits per heavy atom. The molecule has 1 aromatic rings. The molecule has 1 fully saturated rings. The average Bonchev–Trinajstić information content (AvgIpc) is 2.28. The summed E-state index contributed by atoms with van der Waals surface area (Å²) in [6.45, 7) is 2.05. The van der Waals surface area contributed by atoms with E-state index in [9.17, 15) is 9.18 Å². The van der Waals surface area contributed by atoms with Crippen LogP contribution < -0.4 is 0 Å². The number of halogens is 2. The predicted molar refractivity (Wildman–Crippen MR) is 70.6 cm³/mol. The third-order valence-corrected chi connectivity index (χ3v) is 3.74. The molecular weight excluding hydrogens is 253 g/mol. The van der Waals surface area contributed by atoms with Gasteiger partial charge < -0.3 is 4.90 Å². The van der Waals surface area contributed by atoms with Crippen molar-refractivity contribution in [1.82, 2.24) is 4.90 Å². The van der Waals surface area contributed by atoms with Crippen LogP contribution in [-0.2, 0) is 0 Å². The fraction of sp³-hybridized carbons (Fsp3) is 0.500. The average molecular weight is 270 g/mol. The maximum Gasteiger partial charge on any atom is 0.164 e. The van der Waals surface area contributed by atoms with Gasteiger partial charge in [0.2, 0.25) is 0 Å². The van der Waals surface area contributed by atoms with Crippen molar-refractivity contribution in [3.63, 3.8) is 0 Å². The number of hydrogen-bond donors (Lipinski definition) is 0. The van der Waals surface area contributed by atoms with E-state index < -0.39 is 5.82 Å². The maximum atomic E-state index is 12.9. The molecule has 0 saturated carbocycles. The third kappa shape index (κ3) is 3.30. The summed E-state index contributed by atoms with van der Waals surface area (Å²) in [5.41, 5.74) is 0.436. The number of hydrogen-bond acceptors (Lipinski definition) is 2. The number of Topliss-reactive ketones (excluding diaryl/α,β-unsaturated/α-hetero) is 1. The van der Waals surface area contributed by atoms with Gasteiger partial charge in [-0.2, -0.15) is 0 Å². The summed E-state index contributed by atoms with van der Waals surface area (Å²) in [5.74, 6) is -0.00776. The molecule has 1 unspecified atom stereocenters. The van der Waals surface area contributed by atoms with Crippen LogP contribution in [0.1, 0.15) is 29.6 Å². The van der Waals surface area contributed by atoms with Crippen LogP contribution in [0, 0.1) is 11.7 Å². The van der Waals surface area contributed by atoms with Crippen LogP contribution >= 0.6 is 11.6 Å². The van der Waals surface area contributed by atoms with E-state index in [1.54, 1.807) is 0 Å². The fourth-order valence-electron chi connectivity index (χ4n) is 2.53. The Labute approximate surface area is 112 Å². The van der Waals surface area contributed by atoms with Crippen LogP contribution in [0.2, 0.25) is 5.02 Å². The molecule has 1 aliphatic rings. The van der Waals surface area contributed by atoms with Crippen LogP contribution in [0.5, 0.6) is 0 Å². The molecule has 18 heavy (non-hydrogen) atoms. The minimum atomic E-state index is -0.408. The van der Waals surface area contributed by atoms with Crippen molar-refractivity contribution >= 4 is 17.4 Å². The van der Waals surface area contributed by atoms with Crippen LogP contribution in [0.4, 0.5) is 4.39 Å². The Morgan fingerprint density at radius 3 is 3.00 bits per heavy atom. The molecule has 0 amide bonds. The Balaban J connectivity index is 2.03. The van der Waals surface area contributed by atoms with E-state index in [4.69, 9.17) is 11.6 Å². The molecule has 0 bridgehead atoms. The molecule has 98 valence electrons. The minimum absolute atomic E-state index is 0.0142. The second-order valence-corrected chi connectivity index (χ2v) is 5.43. The van der Waals surface area contributed by atoms with Gasteiger partial charge in [0.1, 0.15) is 5.82 Å². The van der Waals surface area contributed by atoms with E-state index in [-0.39, 0.29) is 10.8 Å². The first-order valence-electron chi connectivity index (χ1n) is 6.23. The van der Waals surface area contributed by atoms with Crippen LogP contribution in [0.25, 0.3) is 0 Å². The normalized spacial score (nSPS) is 20.9. The van der Waals surface area contributed by atoms with Crippen molar-refractivity contribution in [2.24, 2.45) is 5.92 Å². The second-order valence-electron chi connectivity index (χ2n) is 5.02. The number of piperidine rings is 1. The van der Waals surface area contributed by atoms with E-state index in [0.29, 0.717) is 17.9 Å². The van der Waals surface area contributed by atoms with Gasteiger partial charge in [-0.15, -0.1) is 0 Å². The van der Waals surface area contributed by atoms with Crippen molar-refractivity contribution in [1.29, 1.82) is 0 Å². The topological polar surface area (TPSA) is 20.3 Å². The van der Waals surface area contributed by atoms with Gasteiger partial charge in [-0.3, -0.25) is 4.79 Å². The highest BCUT2D eigenvalue weighted by Crippen LogP contribution is 2.24. The molecule has 4 heteroatoms. The largest absolute Gasteiger partial charge is 0.306 e. The summed E-state index contributed by atoms with van der Waals surface area (Å²) in [4.78, 5) is 14.4. The summed E-state index contributed by atoms with van der Waals surface area (Å²) in [7, 11) is 2.07. The lowest BCUT2D eigenvalue weighted by Gasteiger charge is -2.29. The zero-order valence-electron chi connectivity index (χ0n) is 10.5. The van der Waals surface area contributed by atoms with E-state index in [1.165, 1.54) is 18.2 Å². The summed E-state index contributed by atoms with van der Waals surface area (Å²) in [6.07, 6.45) is 2.70. The molecule has 1 aliphatic heterocycles. The monoisotopic (exact) mass is 269 g/mol. The summed E-state index contributed by atoms with van der Waals surface area (Å²) in [5, 5.41) is 0.212. The predicted octanol–water partition coefficient (Wildman–Crippen LogP) is 3.39. The van der Waals surface area contributed by atoms with Gasteiger partial charge in [-0.25, -0.2) is 4.39 Å². The lowest BCUT2D eigenvalue weighted by Crippen LogP contribution is -2.33. The number of benzene rings is 1. The number of likely N-dealkylation sites (tertiary alicyclic amines) is 1. The number of ketones is 1. The molecule has 1 atom stereocenters. The number of rotatable bonds is 3. The summed E-state index contributed by atoms with van der Waals surface area (Å²) >= 11 is 5.90. The first-order chi connectivity index (χ1) is 8.56. The van der Waals surface area contributed by atoms with E-state index >= 15 is 0 Å². The van der Waals surface area contributed by atoms with Gasteiger partial charge in [0.15, 0.2) is 5.78 Å². The molecule has 1 saturated heterocycles. The number of carbonyl (C=O) groups excluding carboxylic acids is 1. The van der Waals surface area contributed by atoms with Gasteiger partial charge in [0, 0.05) is 18.5 Å². The molecule has 0 radical (unpaired) electrons. The lowest BCUT2D eigenvalue weighted by molar-refractivity contribution is 0.0930. The van der Waals surface area contributed by atoms with Gasteiger partial charge in [0.25, 0.3) is 0 Å². The van der Waals surface area contributed by atoms with Crippen LogP contribution in [-0.4, -0.2) is 30.8 Å². The molecular formula is C14H17ClFNO. The summed E-state index contributed by atoms with van der Waals surface area (Å²) in [6, 6.07) is 3.96. The van der Waals surface area contributed by atoms with E-state index in [2.05, 4.69) is 11.9 Å². The number of carbonyl (C=O) groups is 1. The molecule has 0 aromatic heterocycles. The quantitative estimate of drug-likeness (QED) is 0.784. The Bertz CT molecular complexity index is 449. The van der Waals surface area contributed by atoms with Crippen molar-refractivity contribution in [2.45, 2.75) is 19.3 Å². The van der Waals surface area contributed by atoms with Crippen molar-refractivity contribution < 1.29 is 9.18 Å². The zero-order valence-corrected chi connectivity index (χ0v) is 11.2. The first kappa shape index (κ1) is 13.5. The van der Waals surface area contributed by atoms with E-state index in [0.717, 1.165) is 25.9 Å². The van der Waals surface area contributed by atoms with Crippen molar-refractivity contribution in [3.05, 3.63) is 34.6 Å². The SMILES string of the molecule is CN1CCCC(CC(=O)c2ccc(F)cc2Cl)C1. The highest BCUT2D eigenvalue weighted by atomic mass is 35.5. The highest BCUT2D eigenvalue weighted by Gasteiger charge is 2.21. The lowest BCUT2D eigenvalue weighted by atomic mass is 9.91. The fourth-order valence-corrected chi connectivity index (χ4v) is 2.80. The Hall–Kier alpha value is -0.930. The highest BCUT2D eigenvalue weighted by molar-refractivity contribution is 6.33.